The molecule has 0 atom stereocenters. The number of hydrogen-bond acceptors (Lipinski definition) is 0. The van der Waals surface area contributed by atoms with Gasteiger partial charge in [0, 0.05) is 16.5 Å². The molecular weight excluding hydrogens is 398 g/mol. The van der Waals surface area contributed by atoms with E-state index in [1.54, 1.807) is 0 Å². The largest absolute Gasteiger partial charge is 0.309 e. The van der Waals surface area contributed by atoms with Crippen molar-refractivity contribution in [1.29, 1.82) is 0 Å². The van der Waals surface area contributed by atoms with Crippen molar-refractivity contribution in [1.82, 2.24) is 4.57 Å². The number of hydrogen-bond donors (Lipinski definition) is 0. The smallest absolute Gasteiger partial charge is 0.0541 e. The molecule has 0 aliphatic carbocycles. The minimum absolute atomic E-state index is 1.21. The van der Waals surface area contributed by atoms with Gasteiger partial charge in [0.1, 0.15) is 0 Å². The first-order chi connectivity index (χ1) is 16.2. The van der Waals surface area contributed by atoms with Crippen LogP contribution < -0.4 is 0 Å². The van der Waals surface area contributed by atoms with E-state index >= 15 is 0 Å². The zero-order chi connectivity index (χ0) is 22.6. The molecule has 1 heterocycles. The predicted molar refractivity (Wildman–Crippen MR) is 142 cm³/mol. The van der Waals surface area contributed by atoms with Crippen LogP contribution in [-0.2, 0) is 0 Å². The maximum Gasteiger partial charge on any atom is 0.0541 e. The fraction of sp³-hybridized carbons (Fsp3) is 0.0625. The molecule has 160 valence electrons. The van der Waals surface area contributed by atoms with Crippen molar-refractivity contribution >= 4 is 21.8 Å². The molecule has 0 aliphatic heterocycles. The Kier molecular flexibility index (Phi) is 5.78. The summed E-state index contributed by atoms with van der Waals surface area (Å²) in [5.74, 6) is 0. The molecule has 0 radical (unpaired) electrons. The van der Waals surface area contributed by atoms with Crippen molar-refractivity contribution in [2.24, 2.45) is 0 Å². The van der Waals surface area contributed by atoms with E-state index in [1.165, 1.54) is 49.7 Å². The summed E-state index contributed by atoms with van der Waals surface area (Å²) in [7, 11) is 0. The Hall–Kier alpha value is -4.10. The molecular formula is C32H27N. The lowest BCUT2D eigenvalue weighted by Crippen LogP contribution is -1.92. The van der Waals surface area contributed by atoms with Gasteiger partial charge >= 0.3 is 0 Å². The Morgan fingerprint density at radius 2 is 1.03 bits per heavy atom. The Balaban J connectivity index is 0.000000152. The molecule has 1 heteroatoms. The standard InChI is InChI=1S/C19H15N.C13H12/c1-14-11-12-19-17(13-14)16-9-5-6-10-18(16)20(19)15-7-3-2-4-8-15;1-11-6-5-9-13(10-11)12-7-3-2-4-8-12/h2-13H,1H3;2-10H,1H3. The predicted octanol–water partition coefficient (Wildman–Crippen LogP) is 8.75. The van der Waals surface area contributed by atoms with Crippen molar-refractivity contribution < 1.29 is 0 Å². The van der Waals surface area contributed by atoms with Crippen LogP contribution >= 0.6 is 0 Å². The lowest BCUT2D eigenvalue weighted by Gasteiger charge is -2.07. The van der Waals surface area contributed by atoms with E-state index in [4.69, 9.17) is 0 Å². The first-order valence-electron chi connectivity index (χ1n) is 11.4. The number of rotatable bonds is 2. The molecule has 6 rings (SSSR count). The second-order valence-corrected chi connectivity index (χ2v) is 8.44. The van der Waals surface area contributed by atoms with E-state index < -0.39 is 0 Å². The third-order valence-electron chi connectivity index (χ3n) is 5.97. The van der Waals surface area contributed by atoms with Gasteiger partial charge in [-0.05, 0) is 55.3 Å². The number of para-hydroxylation sites is 2. The van der Waals surface area contributed by atoms with Crippen LogP contribution in [0.4, 0.5) is 0 Å². The van der Waals surface area contributed by atoms with Crippen LogP contribution in [0.25, 0.3) is 38.6 Å². The lowest BCUT2D eigenvalue weighted by molar-refractivity contribution is 1.18. The van der Waals surface area contributed by atoms with Gasteiger partial charge in [0.15, 0.2) is 0 Å². The molecule has 0 fully saturated rings. The van der Waals surface area contributed by atoms with Gasteiger partial charge in [-0.2, -0.15) is 0 Å². The monoisotopic (exact) mass is 425 g/mol. The summed E-state index contributed by atoms with van der Waals surface area (Å²) in [6.07, 6.45) is 0. The third-order valence-corrected chi connectivity index (χ3v) is 5.97. The summed E-state index contributed by atoms with van der Waals surface area (Å²) in [5, 5.41) is 2.64. The van der Waals surface area contributed by atoms with Gasteiger partial charge in [0.2, 0.25) is 0 Å². The molecule has 1 aromatic heterocycles. The van der Waals surface area contributed by atoms with Crippen molar-refractivity contribution in [3.8, 4) is 16.8 Å². The van der Waals surface area contributed by atoms with Gasteiger partial charge in [0.05, 0.1) is 11.0 Å². The Bertz CT molecular complexity index is 1510. The molecule has 0 saturated heterocycles. The average molecular weight is 426 g/mol. The minimum atomic E-state index is 1.21. The molecule has 0 aliphatic rings. The van der Waals surface area contributed by atoms with Gasteiger partial charge in [0.25, 0.3) is 0 Å². The van der Waals surface area contributed by atoms with E-state index in [9.17, 15) is 0 Å². The van der Waals surface area contributed by atoms with E-state index in [-0.39, 0.29) is 0 Å². The number of benzene rings is 5. The van der Waals surface area contributed by atoms with Crippen molar-refractivity contribution in [3.05, 3.63) is 139 Å². The highest BCUT2D eigenvalue weighted by atomic mass is 15.0. The second-order valence-electron chi connectivity index (χ2n) is 8.44. The van der Waals surface area contributed by atoms with Crippen LogP contribution in [-0.4, -0.2) is 4.57 Å². The molecule has 0 amide bonds. The molecule has 0 spiro atoms. The highest BCUT2D eigenvalue weighted by Gasteiger charge is 2.11. The van der Waals surface area contributed by atoms with Crippen LogP contribution in [0.5, 0.6) is 0 Å². The van der Waals surface area contributed by atoms with E-state index in [2.05, 4.69) is 140 Å². The van der Waals surface area contributed by atoms with E-state index in [1.807, 2.05) is 6.07 Å². The molecule has 0 bridgehead atoms. The summed E-state index contributed by atoms with van der Waals surface area (Å²) in [5.41, 5.74) is 8.92. The molecule has 6 aromatic rings. The fourth-order valence-corrected chi connectivity index (χ4v) is 4.40. The number of fused-ring (bicyclic) bond motifs is 3. The van der Waals surface area contributed by atoms with E-state index in [0.717, 1.165) is 0 Å². The molecule has 33 heavy (non-hydrogen) atoms. The maximum atomic E-state index is 2.34. The third kappa shape index (κ3) is 4.31. The average Bonchev–Trinajstić information content (AvgIpc) is 3.19. The Morgan fingerprint density at radius 1 is 0.424 bits per heavy atom. The first kappa shape index (κ1) is 20.8. The fourth-order valence-electron chi connectivity index (χ4n) is 4.40. The summed E-state index contributed by atoms with van der Waals surface area (Å²) in [6.45, 7) is 4.26. The quantitative estimate of drug-likeness (QED) is 0.261. The molecule has 0 unspecified atom stereocenters. The van der Waals surface area contributed by atoms with Crippen LogP contribution in [0, 0.1) is 13.8 Å². The number of aromatic nitrogens is 1. The van der Waals surface area contributed by atoms with Gasteiger partial charge in [-0.25, -0.2) is 0 Å². The molecule has 1 nitrogen and oxygen atoms in total. The van der Waals surface area contributed by atoms with Crippen LogP contribution in [0.1, 0.15) is 11.1 Å². The van der Waals surface area contributed by atoms with Crippen LogP contribution in [0.2, 0.25) is 0 Å². The number of nitrogens with zero attached hydrogens (tertiary/aromatic N) is 1. The first-order valence-corrected chi connectivity index (χ1v) is 11.4. The van der Waals surface area contributed by atoms with Crippen LogP contribution in [0.3, 0.4) is 0 Å². The van der Waals surface area contributed by atoms with Crippen molar-refractivity contribution in [2.45, 2.75) is 13.8 Å². The highest BCUT2D eigenvalue weighted by molar-refractivity contribution is 6.09. The van der Waals surface area contributed by atoms with Gasteiger partial charge in [-0.1, -0.05) is 108 Å². The highest BCUT2D eigenvalue weighted by Crippen LogP contribution is 2.32. The lowest BCUT2D eigenvalue weighted by atomic mass is 10.0. The Labute approximate surface area is 195 Å². The van der Waals surface area contributed by atoms with Crippen molar-refractivity contribution in [3.63, 3.8) is 0 Å². The maximum absolute atomic E-state index is 2.34. The topological polar surface area (TPSA) is 4.93 Å². The normalized spacial score (nSPS) is 10.7. The SMILES string of the molecule is Cc1ccc2c(c1)c1ccccc1n2-c1ccccc1.Cc1cccc(-c2ccccc2)c1. The van der Waals surface area contributed by atoms with Gasteiger partial charge < -0.3 is 4.57 Å². The summed E-state index contributed by atoms with van der Waals surface area (Å²) >= 11 is 0. The zero-order valence-electron chi connectivity index (χ0n) is 19.1. The van der Waals surface area contributed by atoms with Gasteiger partial charge in [-0.15, -0.1) is 0 Å². The molecule has 0 N–H and O–H groups in total. The van der Waals surface area contributed by atoms with E-state index in [0.29, 0.717) is 0 Å². The molecule has 5 aromatic carbocycles. The van der Waals surface area contributed by atoms with Crippen molar-refractivity contribution in [2.75, 3.05) is 0 Å². The Morgan fingerprint density at radius 3 is 1.79 bits per heavy atom. The summed E-state index contributed by atoms with van der Waals surface area (Å²) < 4.78 is 2.34. The number of aryl methyl sites for hydroxylation is 2. The zero-order valence-corrected chi connectivity index (χ0v) is 19.1. The van der Waals surface area contributed by atoms with Crippen LogP contribution in [0.15, 0.2) is 127 Å². The van der Waals surface area contributed by atoms with Gasteiger partial charge in [-0.3, -0.25) is 0 Å². The second kappa shape index (κ2) is 9.18. The molecule has 0 saturated carbocycles. The summed E-state index contributed by atoms with van der Waals surface area (Å²) in [6, 6.07) is 44.8. The summed E-state index contributed by atoms with van der Waals surface area (Å²) in [4.78, 5) is 0. The minimum Gasteiger partial charge on any atom is -0.309 e.